The second-order valence-electron chi connectivity index (χ2n) is 6.43. The minimum absolute atomic E-state index is 0.142. The Morgan fingerprint density at radius 2 is 1.88 bits per heavy atom. The predicted molar refractivity (Wildman–Crippen MR) is 102 cm³/mol. The number of imidazole rings is 1. The molecule has 1 amide bonds. The van der Waals surface area contributed by atoms with Gasteiger partial charge in [0.15, 0.2) is 5.82 Å². The van der Waals surface area contributed by atoms with Crippen molar-refractivity contribution < 1.29 is 4.79 Å². The molecule has 2 aromatic heterocycles. The fourth-order valence-electron chi connectivity index (χ4n) is 3.32. The number of rotatable bonds is 3. The van der Waals surface area contributed by atoms with Gasteiger partial charge in [-0.05, 0) is 38.2 Å². The third-order valence-electron chi connectivity index (χ3n) is 4.80. The van der Waals surface area contributed by atoms with E-state index in [-0.39, 0.29) is 5.91 Å². The lowest BCUT2D eigenvalue weighted by Gasteiger charge is -2.32. The van der Waals surface area contributed by atoms with Crippen LogP contribution in [0.5, 0.6) is 0 Å². The molecule has 3 aromatic rings. The molecule has 0 spiro atoms. The molecule has 1 saturated heterocycles. The number of nitrogens with zero attached hydrogens (tertiary/aromatic N) is 4. The van der Waals surface area contributed by atoms with E-state index >= 15 is 0 Å². The molecule has 130 valence electrons. The normalized spacial score (nSPS) is 15.8. The zero-order valence-electron chi connectivity index (χ0n) is 14.6. The topological polar surface area (TPSA) is 41.4 Å². The lowest BCUT2D eigenvalue weighted by molar-refractivity contribution is 0.0669. The van der Waals surface area contributed by atoms with E-state index in [9.17, 15) is 4.79 Å². The second kappa shape index (κ2) is 6.61. The quantitative estimate of drug-likeness (QED) is 0.725. The van der Waals surface area contributed by atoms with Gasteiger partial charge < -0.3 is 14.4 Å². The number of carbonyl (C=O) groups excluding carboxylic acids is 1. The number of benzene rings is 1. The smallest absolute Gasteiger partial charge is 0.264 e. The Bertz CT molecular complexity index is 905. The van der Waals surface area contributed by atoms with Crippen LogP contribution >= 0.6 is 11.3 Å². The Hall–Kier alpha value is -2.18. The van der Waals surface area contributed by atoms with Crippen LogP contribution in [0.1, 0.15) is 16.6 Å². The average molecular weight is 354 g/mol. The molecule has 1 aliphatic heterocycles. The van der Waals surface area contributed by atoms with Gasteiger partial charge in [0, 0.05) is 32.7 Å². The third-order valence-corrected chi connectivity index (χ3v) is 5.87. The van der Waals surface area contributed by atoms with E-state index in [0.717, 1.165) is 59.3 Å². The van der Waals surface area contributed by atoms with Crippen molar-refractivity contribution in [1.82, 2.24) is 19.4 Å². The summed E-state index contributed by atoms with van der Waals surface area (Å²) >= 11 is 1.55. The van der Waals surface area contributed by atoms with E-state index in [1.165, 1.54) is 0 Å². The summed E-state index contributed by atoms with van der Waals surface area (Å²) in [6.45, 7) is 6.47. The molecule has 0 unspecified atom stereocenters. The van der Waals surface area contributed by atoms with Crippen molar-refractivity contribution in [3.05, 3.63) is 41.3 Å². The highest BCUT2D eigenvalue weighted by atomic mass is 32.1. The number of aromatic nitrogens is 2. The maximum absolute atomic E-state index is 12.8. The summed E-state index contributed by atoms with van der Waals surface area (Å²) < 4.78 is 2.21. The van der Waals surface area contributed by atoms with Gasteiger partial charge in [-0.3, -0.25) is 4.79 Å². The number of aryl methyl sites for hydroxylation is 1. The summed E-state index contributed by atoms with van der Waals surface area (Å²) in [6.07, 6.45) is 0. The van der Waals surface area contributed by atoms with Gasteiger partial charge in [-0.15, -0.1) is 11.3 Å². The Kier molecular flexibility index (Phi) is 4.31. The number of para-hydroxylation sites is 2. The average Bonchev–Trinajstić information content (AvgIpc) is 3.26. The standard InChI is InChI=1S/C19H22N4OS/c1-3-23-15-7-5-4-6-14(15)20-18(23)16-8-9-17(25-16)19(24)22-12-10-21(2)11-13-22/h4-9H,3,10-13H2,1-2H3. The van der Waals surface area contributed by atoms with Crippen molar-refractivity contribution in [3.63, 3.8) is 0 Å². The molecule has 25 heavy (non-hydrogen) atoms. The molecule has 0 bridgehead atoms. The first-order valence-corrected chi connectivity index (χ1v) is 9.52. The summed E-state index contributed by atoms with van der Waals surface area (Å²) in [5.41, 5.74) is 2.14. The fourth-order valence-corrected chi connectivity index (χ4v) is 4.29. The first-order chi connectivity index (χ1) is 12.2. The van der Waals surface area contributed by atoms with E-state index in [4.69, 9.17) is 4.98 Å². The lowest BCUT2D eigenvalue weighted by atomic mass is 10.3. The van der Waals surface area contributed by atoms with E-state index in [2.05, 4.69) is 29.5 Å². The Morgan fingerprint density at radius 3 is 2.64 bits per heavy atom. The minimum Gasteiger partial charge on any atom is -0.335 e. The maximum atomic E-state index is 12.8. The number of hydrogen-bond acceptors (Lipinski definition) is 4. The van der Waals surface area contributed by atoms with Gasteiger partial charge in [0.1, 0.15) is 0 Å². The molecular formula is C19H22N4OS. The summed E-state index contributed by atoms with van der Waals surface area (Å²) in [5.74, 6) is 1.09. The van der Waals surface area contributed by atoms with Crippen LogP contribution in [0.2, 0.25) is 0 Å². The van der Waals surface area contributed by atoms with E-state index < -0.39 is 0 Å². The molecular weight excluding hydrogens is 332 g/mol. The Morgan fingerprint density at radius 1 is 1.12 bits per heavy atom. The molecule has 4 rings (SSSR count). The fraction of sp³-hybridized carbons (Fsp3) is 0.368. The first kappa shape index (κ1) is 16.3. The molecule has 0 aliphatic carbocycles. The van der Waals surface area contributed by atoms with Crippen molar-refractivity contribution in [2.75, 3.05) is 33.2 Å². The van der Waals surface area contributed by atoms with Crippen LogP contribution in [0.25, 0.3) is 21.7 Å². The highest BCUT2D eigenvalue weighted by molar-refractivity contribution is 7.17. The van der Waals surface area contributed by atoms with Gasteiger partial charge in [-0.25, -0.2) is 4.98 Å². The van der Waals surface area contributed by atoms with Crippen molar-refractivity contribution in [3.8, 4) is 10.7 Å². The number of hydrogen-bond donors (Lipinski definition) is 0. The van der Waals surface area contributed by atoms with Crippen molar-refractivity contribution in [1.29, 1.82) is 0 Å². The monoisotopic (exact) mass is 354 g/mol. The van der Waals surface area contributed by atoms with Gasteiger partial charge in [-0.2, -0.15) is 0 Å². The van der Waals surface area contributed by atoms with Crippen molar-refractivity contribution in [2.45, 2.75) is 13.5 Å². The SMILES string of the molecule is CCn1c(-c2ccc(C(=O)N3CCN(C)CC3)s2)nc2ccccc21. The summed E-state index contributed by atoms with van der Waals surface area (Å²) in [4.78, 5) is 23.6. The molecule has 1 aliphatic rings. The molecule has 6 heteroatoms. The second-order valence-corrected chi connectivity index (χ2v) is 7.51. The molecule has 0 N–H and O–H groups in total. The third kappa shape index (κ3) is 2.96. The van der Waals surface area contributed by atoms with Crippen molar-refractivity contribution in [2.24, 2.45) is 0 Å². The number of thiophene rings is 1. The van der Waals surface area contributed by atoms with Crippen molar-refractivity contribution >= 4 is 28.3 Å². The van der Waals surface area contributed by atoms with Crippen LogP contribution in [0.15, 0.2) is 36.4 Å². The largest absolute Gasteiger partial charge is 0.335 e. The van der Waals surface area contributed by atoms with Crippen LogP contribution in [-0.4, -0.2) is 58.5 Å². The molecule has 0 radical (unpaired) electrons. The van der Waals surface area contributed by atoms with Gasteiger partial charge in [0.05, 0.1) is 20.8 Å². The number of fused-ring (bicyclic) bond motifs is 1. The van der Waals surface area contributed by atoms with Gasteiger partial charge in [0.2, 0.25) is 0 Å². The lowest BCUT2D eigenvalue weighted by Crippen LogP contribution is -2.46. The maximum Gasteiger partial charge on any atom is 0.264 e. The van der Waals surface area contributed by atoms with Gasteiger partial charge in [0.25, 0.3) is 5.91 Å². The Balaban J connectivity index is 1.64. The highest BCUT2D eigenvalue weighted by Crippen LogP contribution is 2.31. The Labute approximate surface area is 151 Å². The first-order valence-electron chi connectivity index (χ1n) is 8.70. The van der Waals surface area contributed by atoms with Crippen LogP contribution in [0, 0.1) is 0 Å². The molecule has 3 heterocycles. The molecule has 1 aromatic carbocycles. The predicted octanol–water partition coefficient (Wildman–Crippen LogP) is 3.17. The number of likely N-dealkylation sites (N-methyl/N-ethyl adjacent to an activating group) is 1. The molecule has 1 fully saturated rings. The van der Waals surface area contributed by atoms with Crippen LogP contribution in [0.3, 0.4) is 0 Å². The van der Waals surface area contributed by atoms with Gasteiger partial charge >= 0.3 is 0 Å². The van der Waals surface area contributed by atoms with Crippen LogP contribution in [0.4, 0.5) is 0 Å². The zero-order valence-corrected chi connectivity index (χ0v) is 15.4. The summed E-state index contributed by atoms with van der Waals surface area (Å²) in [6, 6.07) is 12.2. The minimum atomic E-state index is 0.142. The molecule has 0 atom stereocenters. The van der Waals surface area contributed by atoms with E-state index in [0.29, 0.717) is 0 Å². The summed E-state index contributed by atoms with van der Waals surface area (Å²) in [7, 11) is 2.10. The number of amides is 1. The van der Waals surface area contributed by atoms with Gasteiger partial charge in [-0.1, -0.05) is 12.1 Å². The summed E-state index contributed by atoms with van der Waals surface area (Å²) in [5, 5.41) is 0. The number of piperazine rings is 1. The van der Waals surface area contributed by atoms with E-state index in [1.54, 1.807) is 11.3 Å². The van der Waals surface area contributed by atoms with E-state index in [1.807, 2.05) is 35.2 Å². The molecule has 5 nitrogen and oxygen atoms in total. The zero-order chi connectivity index (χ0) is 17.4. The van der Waals surface area contributed by atoms with Crippen LogP contribution in [-0.2, 0) is 6.54 Å². The number of carbonyl (C=O) groups is 1. The highest BCUT2D eigenvalue weighted by Gasteiger charge is 2.22. The van der Waals surface area contributed by atoms with Crippen LogP contribution < -0.4 is 0 Å². The molecule has 0 saturated carbocycles.